The van der Waals surface area contributed by atoms with Gasteiger partial charge in [-0.3, -0.25) is 37.3 Å². The first-order valence-corrected chi connectivity index (χ1v) is 45.7. The zero-order valence-corrected chi connectivity index (χ0v) is 67.8. The van der Waals surface area contributed by atoms with Crippen LogP contribution < -0.4 is 0 Å². The molecule has 0 bridgehead atoms. The second-order valence-corrected chi connectivity index (χ2v) is 32.7. The molecule has 0 aliphatic rings. The highest BCUT2D eigenvalue weighted by Gasteiger charge is 2.30. The summed E-state index contributed by atoms with van der Waals surface area (Å²) in [7, 11) is -9.91. The van der Waals surface area contributed by atoms with Crippen LogP contribution in [0.2, 0.25) is 0 Å². The molecule has 0 saturated heterocycles. The van der Waals surface area contributed by atoms with Crippen LogP contribution in [0.1, 0.15) is 439 Å². The standard InChI is InChI=1S/C82H160O17P2/c1-6-10-13-16-19-22-24-26-27-28-29-33-36-39-43-46-51-56-61-66-80(85)93-72-78(99-82(87)68-63-58-53-48-44-40-37-34-31-30-32-35-38-41-45-49-54-59-64-75(5)9-4)74-97-101(90,91)95-70-76(83)69-94-100(88,89)96-73-77(71-92-79(84)65-60-55-50-21-18-15-12-8-3)98-81(86)67-62-57-52-47-42-25-23-20-17-14-11-7-2/h75-78,83H,6-74H2,1-5H3,(H,88,89)(H,90,91)/t75?,76-,77+,78+/m0/s1. The van der Waals surface area contributed by atoms with Crippen LogP contribution in [0.25, 0.3) is 0 Å². The third kappa shape index (κ3) is 74.7. The Morgan fingerprint density at radius 3 is 0.703 bits per heavy atom. The summed E-state index contributed by atoms with van der Waals surface area (Å²) in [5, 5.41) is 10.6. The minimum atomic E-state index is -4.96. The van der Waals surface area contributed by atoms with Gasteiger partial charge in [-0.15, -0.1) is 0 Å². The van der Waals surface area contributed by atoms with E-state index in [0.717, 1.165) is 102 Å². The van der Waals surface area contributed by atoms with E-state index < -0.39 is 97.5 Å². The third-order valence-corrected chi connectivity index (χ3v) is 21.5. The summed E-state index contributed by atoms with van der Waals surface area (Å²) in [4.78, 5) is 72.9. The van der Waals surface area contributed by atoms with Crippen LogP contribution >= 0.6 is 15.6 Å². The molecular formula is C82H160O17P2. The van der Waals surface area contributed by atoms with Crippen molar-refractivity contribution in [3.8, 4) is 0 Å². The van der Waals surface area contributed by atoms with Crippen molar-refractivity contribution in [1.82, 2.24) is 0 Å². The molecule has 0 aliphatic heterocycles. The lowest BCUT2D eigenvalue weighted by Crippen LogP contribution is -2.30. The Bertz CT molecular complexity index is 1930. The van der Waals surface area contributed by atoms with Gasteiger partial charge in [0, 0.05) is 25.7 Å². The fraction of sp³-hybridized carbons (Fsp3) is 0.951. The Morgan fingerprint density at radius 1 is 0.277 bits per heavy atom. The summed E-state index contributed by atoms with van der Waals surface area (Å²) in [5.41, 5.74) is 0. The fourth-order valence-electron chi connectivity index (χ4n) is 12.7. The lowest BCUT2D eigenvalue weighted by Gasteiger charge is -2.21. The molecule has 0 heterocycles. The maximum atomic E-state index is 13.1. The number of phosphoric acid groups is 2. The topological polar surface area (TPSA) is 237 Å². The average molecular weight is 1480 g/mol. The molecule has 0 saturated carbocycles. The van der Waals surface area contributed by atoms with E-state index in [9.17, 15) is 43.2 Å². The Hall–Kier alpha value is -1.94. The highest BCUT2D eigenvalue weighted by molar-refractivity contribution is 7.47. The first kappa shape index (κ1) is 99.1. The van der Waals surface area contributed by atoms with Crippen molar-refractivity contribution in [3.05, 3.63) is 0 Å². The molecule has 600 valence electrons. The Balaban J connectivity index is 5.17. The lowest BCUT2D eigenvalue weighted by molar-refractivity contribution is -0.161. The molecule has 0 radical (unpaired) electrons. The van der Waals surface area contributed by atoms with E-state index in [1.54, 1.807) is 0 Å². The van der Waals surface area contributed by atoms with Gasteiger partial charge in [-0.2, -0.15) is 0 Å². The predicted molar refractivity (Wildman–Crippen MR) is 414 cm³/mol. The van der Waals surface area contributed by atoms with E-state index in [0.29, 0.717) is 25.7 Å². The number of esters is 4. The summed E-state index contributed by atoms with van der Waals surface area (Å²) in [6, 6.07) is 0. The highest BCUT2D eigenvalue weighted by atomic mass is 31.2. The van der Waals surface area contributed by atoms with E-state index in [4.69, 9.17) is 37.0 Å². The minimum absolute atomic E-state index is 0.108. The van der Waals surface area contributed by atoms with Gasteiger partial charge < -0.3 is 33.8 Å². The van der Waals surface area contributed by atoms with Crippen LogP contribution in [0.4, 0.5) is 0 Å². The van der Waals surface area contributed by atoms with Crippen molar-refractivity contribution in [2.45, 2.75) is 457 Å². The van der Waals surface area contributed by atoms with Crippen molar-refractivity contribution < 1.29 is 80.2 Å². The molecule has 0 aromatic rings. The molecule has 6 atom stereocenters. The molecule has 0 aromatic heterocycles. The van der Waals surface area contributed by atoms with Gasteiger partial charge in [-0.25, -0.2) is 9.13 Å². The average Bonchev–Trinajstić information content (AvgIpc) is 1.70. The van der Waals surface area contributed by atoms with Gasteiger partial charge in [0.2, 0.25) is 0 Å². The zero-order valence-electron chi connectivity index (χ0n) is 66.1. The summed E-state index contributed by atoms with van der Waals surface area (Å²) in [6.07, 6.45) is 66.7. The maximum Gasteiger partial charge on any atom is 0.472 e. The van der Waals surface area contributed by atoms with E-state index in [1.165, 1.54) is 257 Å². The number of ether oxygens (including phenoxy) is 4. The molecule has 0 amide bonds. The number of unbranched alkanes of at least 4 members (excludes halogenated alkanes) is 53. The van der Waals surface area contributed by atoms with Gasteiger partial charge in [-0.05, 0) is 31.6 Å². The van der Waals surface area contributed by atoms with Gasteiger partial charge in [-0.1, -0.05) is 388 Å². The van der Waals surface area contributed by atoms with Crippen molar-refractivity contribution in [3.63, 3.8) is 0 Å². The largest absolute Gasteiger partial charge is 0.472 e. The van der Waals surface area contributed by atoms with Crippen molar-refractivity contribution in [2.24, 2.45) is 5.92 Å². The van der Waals surface area contributed by atoms with Crippen molar-refractivity contribution in [2.75, 3.05) is 39.6 Å². The van der Waals surface area contributed by atoms with Crippen molar-refractivity contribution >= 4 is 39.5 Å². The molecule has 3 unspecified atom stereocenters. The molecule has 0 fully saturated rings. The van der Waals surface area contributed by atoms with Crippen LogP contribution in [0.15, 0.2) is 0 Å². The van der Waals surface area contributed by atoms with Crippen molar-refractivity contribution in [1.29, 1.82) is 0 Å². The summed E-state index contributed by atoms with van der Waals surface area (Å²) in [5.74, 6) is -1.24. The van der Waals surface area contributed by atoms with Gasteiger partial charge in [0.05, 0.1) is 26.4 Å². The number of hydrogen-bond donors (Lipinski definition) is 3. The smallest absolute Gasteiger partial charge is 0.462 e. The van der Waals surface area contributed by atoms with Crippen LogP contribution in [0.3, 0.4) is 0 Å². The summed E-state index contributed by atoms with van der Waals surface area (Å²) < 4.78 is 68.6. The summed E-state index contributed by atoms with van der Waals surface area (Å²) in [6.45, 7) is 7.37. The maximum absolute atomic E-state index is 13.1. The van der Waals surface area contributed by atoms with E-state index in [2.05, 4.69) is 34.6 Å². The Morgan fingerprint density at radius 2 is 0.475 bits per heavy atom. The lowest BCUT2D eigenvalue weighted by atomic mass is 9.99. The number of carbonyl (C=O) groups is 4. The predicted octanol–water partition coefficient (Wildman–Crippen LogP) is 24.8. The number of carbonyl (C=O) groups excluding carboxylic acids is 4. The number of rotatable bonds is 82. The van der Waals surface area contributed by atoms with E-state index in [1.807, 2.05) is 0 Å². The molecule has 17 nitrogen and oxygen atoms in total. The molecule has 3 N–H and O–H groups in total. The quantitative estimate of drug-likeness (QED) is 0.0222. The number of phosphoric ester groups is 2. The molecule has 0 aliphatic carbocycles. The Kier molecular flexibility index (Phi) is 73.5. The first-order chi connectivity index (χ1) is 49.1. The third-order valence-electron chi connectivity index (χ3n) is 19.6. The SMILES string of the molecule is CCCCCCCCCCCCCCCCCCCCCC(=O)OC[C@H](COP(=O)(O)OC[C@@H](O)COP(=O)(O)OC[C@@H](COC(=O)CCCCCCCCCC)OC(=O)CCCCCCCCCCCCCC)OC(=O)CCCCCCCCCCCCCCCCCCCCC(C)CC. The Labute approximate surface area is 619 Å². The second kappa shape index (κ2) is 74.9. The normalized spacial score (nSPS) is 14.1. The second-order valence-electron chi connectivity index (χ2n) is 29.8. The monoisotopic (exact) mass is 1480 g/mol. The molecular weight excluding hydrogens is 1320 g/mol. The molecule has 0 rings (SSSR count). The van der Waals surface area contributed by atoms with E-state index >= 15 is 0 Å². The van der Waals surface area contributed by atoms with Crippen LogP contribution in [0, 0.1) is 5.92 Å². The first-order valence-electron chi connectivity index (χ1n) is 42.7. The number of hydrogen-bond acceptors (Lipinski definition) is 15. The fourth-order valence-corrected chi connectivity index (χ4v) is 14.3. The number of aliphatic hydroxyl groups excluding tert-OH is 1. The number of aliphatic hydroxyl groups is 1. The highest BCUT2D eigenvalue weighted by Crippen LogP contribution is 2.45. The van der Waals surface area contributed by atoms with Gasteiger partial charge >= 0.3 is 39.5 Å². The van der Waals surface area contributed by atoms with Crippen LogP contribution in [0.5, 0.6) is 0 Å². The molecule has 19 heteroatoms. The van der Waals surface area contributed by atoms with Crippen LogP contribution in [-0.4, -0.2) is 96.7 Å². The van der Waals surface area contributed by atoms with Crippen LogP contribution in [-0.2, 0) is 65.4 Å². The van der Waals surface area contributed by atoms with Gasteiger partial charge in [0.15, 0.2) is 12.2 Å². The molecule has 0 spiro atoms. The van der Waals surface area contributed by atoms with Gasteiger partial charge in [0.25, 0.3) is 0 Å². The summed E-state index contributed by atoms with van der Waals surface area (Å²) >= 11 is 0. The molecule has 0 aromatic carbocycles. The van der Waals surface area contributed by atoms with E-state index in [-0.39, 0.29) is 25.7 Å². The zero-order chi connectivity index (χ0) is 74.1. The minimum Gasteiger partial charge on any atom is -0.462 e. The van der Waals surface area contributed by atoms with Gasteiger partial charge in [0.1, 0.15) is 19.3 Å². The molecule has 101 heavy (non-hydrogen) atoms.